The smallest absolute Gasteiger partial charge is 0.255 e. The molecule has 0 radical (unpaired) electrons. The molecule has 0 aliphatic carbocycles. The van der Waals surface area contributed by atoms with Gasteiger partial charge in [0.1, 0.15) is 6.61 Å². The molecular weight excluding hydrogens is 314 g/mol. The molecule has 1 fully saturated rings. The highest BCUT2D eigenvalue weighted by molar-refractivity contribution is 6.00. The van der Waals surface area contributed by atoms with Crippen LogP contribution in [0.4, 0.5) is 0 Å². The second kappa shape index (κ2) is 6.63. The van der Waals surface area contributed by atoms with Gasteiger partial charge in [-0.05, 0) is 36.1 Å². The maximum absolute atomic E-state index is 12.9. The van der Waals surface area contributed by atoms with Gasteiger partial charge in [0, 0.05) is 6.54 Å². The number of nitrogens with zero attached hydrogens (tertiary/aromatic N) is 1. The quantitative estimate of drug-likeness (QED) is 0.850. The lowest BCUT2D eigenvalue weighted by atomic mass is 10.0. The number of rotatable bonds is 4. The van der Waals surface area contributed by atoms with Crippen molar-refractivity contribution < 1.29 is 14.3 Å². The topological polar surface area (TPSA) is 38.8 Å². The molecule has 2 aliphatic rings. The molecule has 0 spiro atoms. The van der Waals surface area contributed by atoms with Crippen LogP contribution in [0.5, 0.6) is 11.5 Å². The van der Waals surface area contributed by atoms with Gasteiger partial charge in [0.25, 0.3) is 5.91 Å². The summed E-state index contributed by atoms with van der Waals surface area (Å²) in [5.41, 5.74) is 2.67. The second-order valence-corrected chi connectivity index (χ2v) is 6.43. The third-order valence-electron chi connectivity index (χ3n) is 4.86. The molecule has 0 bridgehead atoms. The molecule has 4 nitrogen and oxygen atoms in total. The van der Waals surface area contributed by atoms with Crippen LogP contribution in [0, 0.1) is 0 Å². The number of hydrogen-bond donors (Lipinski definition) is 0. The van der Waals surface area contributed by atoms with Gasteiger partial charge in [-0.25, -0.2) is 0 Å². The first kappa shape index (κ1) is 15.8. The fraction of sp³-hybridized carbons (Fsp3) is 0.286. The Kier molecular flexibility index (Phi) is 4.18. The van der Waals surface area contributed by atoms with Crippen molar-refractivity contribution in [2.24, 2.45) is 0 Å². The fourth-order valence-corrected chi connectivity index (χ4v) is 3.52. The van der Waals surface area contributed by atoms with E-state index in [1.807, 2.05) is 53.4 Å². The van der Waals surface area contributed by atoms with Gasteiger partial charge in [0.2, 0.25) is 0 Å². The van der Waals surface area contributed by atoms with Crippen molar-refractivity contribution in [3.05, 3.63) is 65.2 Å². The fourth-order valence-electron chi connectivity index (χ4n) is 3.52. The van der Waals surface area contributed by atoms with E-state index in [0.29, 0.717) is 23.7 Å². The van der Waals surface area contributed by atoms with Gasteiger partial charge in [0.15, 0.2) is 11.5 Å². The highest BCUT2D eigenvalue weighted by atomic mass is 16.5. The van der Waals surface area contributed by atoms with E-state index in [1.165, 1.54) is 0 Å². The van der Waals surface area contributed by atoms with Crippen molar-refractivity contribution in [1.82, 2.24) is 4.90 Å². The monoisotopic (exact) mass is 335 g/mol. The first-order valence-corrected chi connectivity index (χ1v) is 8.64. The van der Waals surface area contributed by atoms with Crippen molar-refractivity contribution in [1.29, 1.82) is 0 Å². The SMILES string of the molecule is COc1cc2c(cc1OCc1ccccc1)C=CC1CCCN1C2=O. The lowest BCUT2D eigenvalue weighted by molar-refractivity contribution is 0.0763. The lowest BCUT2D eigenvalue weighted by Gasteiger charge is -2.21. The first-order valence-electron chi connectivity index (χ1n) is 8.64. The summed E-state index contributed by atoms with van der Waals surface area (Å²) in [4.78, 5) is 14.8. The lowest BCUT2D eigenvalue weighted by Crippen LogP contribution is -2.33. The normalized spacial score (nSPS) is 18.5. The summed E-state index contributed by atoms with van der Waals surface area (Å²) in [5.74, 6) is 1.33. The third kappa shape index (κ3) is 3.00. The number of hydrogen-bond acceptors (Lipinski definition) is 3. The van der Waals surface area contributed by atoms with Gasteiger partial charge in [-0.1, -0.05) is 42.5 Å². The van der Waals surface area contributed by atoms with Gasteiger partial charge in [-0.15, -0.1) is 0 Å². The molecular formula is C21H21NO3. The average molecular weight is 335 g/mol. The van der Waals surface area contributed by atoms with Crippen LogP contribution >= 0.6 is 0 Å². The second-order valence-electron chi connectivity index (χ2n) is 6.43. The zero-order chi connectivity index (χ0) is 17.2. The van der Waals surface area contributed by atoms with Crippen LogP contribution in [0.15, 0.2) is 48.5 Å². The molecule has 2 aromatic carbocycles. The van der Waals surface area contributed by atoms with Crippen LogP contribution in [0.1, 0.15) is 34.3 Å². The molecule has 2 heterocycles. The van der Waals surface area contributed by atoms with E-state index in [0.717, 1.165) is 30.5 Å². The summed E-state index contributed by atoms with van der Waals surface area (Å²) in [6, 6.07) is 13.9. The molecule has 25 heavy (non-hydrogen) atoms. The largest absolute Gasteiger partial charge is 0.493 e. The van der Waals surface area contributed by atoms with Crippen LogP contribution in [0.2, 0.25) is 0 Å². The zero-order valence-corrected chi connectivity index (χ0v) is 14.3. The minimum absolute atomic E-state index is 0.0791. The Hall–Kier alpha value is -2.75. The van der Waals surface area contributed by atoms with Crippen LogP contribution < -0.4 is 9.47 Å². The van der Waals surface area contributed by atoms with Gasteiger partial charge >= 0.3 is 0 Å². The molecule has 1 atom stereocenters. The molecule has 4 heteroatoms. The molecule has 0 saturated carbocycles. The zero-order valence-electron chi connectivity index (χ0n) is 14.3. The first-order chi connectivity index (χ1) is 12.3. The predicted octanol–water partition coefficient (Wildman–Crippen LogP) is 3.91. The van der Waals surface area contributed by atoms with Gasteiger partial charge < -0.3 is 14.4 Å². The standard InChI is InChI=1S/C21H21NO3/c1-24-19-13-18-16(9-10-17-8-5-11-22(17)21(18)23)12-20(19)25-14-15-6-3-2-4-7-15/h2-4,6-7,9-10,12-13,17H,5,8,11,14H2,1H3. The van der Waals surface area contributed by atoms with E-state index in [9.17, 15) is 4.79 Å². The van der Waals surface area contributed by atoms with Crippen molar-refractivity contribution in [3.63, 3.8) is 0 Å². The molecule has 1 unspecified atom stereocenters. The molecule has 0 aromatic heterocycles. The number of benzene rings is 2. The van der Waals surface area contributed by atoms with E-state index < -0.39 is 0 Å². The highest BCUT2D eigenvalue weighted by Gasteiger charge is 2.31. The molecule has 2 aromatic rings. The number of methoxy groups -OCH3 is 1. The molecule has 1 saturated heterocycles. The number of carbonyl (C=O) groups excluding carboxylic acids is 1. The summed E-state index contributed by atoms with van der Waals surface area (Å²) in [5, 5.41) is 0. The van der Waals surface area contributed by atoms with E-state index in [1.54, 1.807) is 7.11 Å². The Labute approximate surface area is 147 Å². The number of amides is 1. The van der Waals surface area contributed by atoms with Crippen LogP contribution in [-0.2, 0) is 6.61 Å². The Morgan fingerprint density at radius 1 is 1.16 bits per heavy atom. The molecule has 0 N–H and O–H groups in total. The highest BCUT2D eigenvalue weighted by Crippen LogP contribution is 2.35. The Morgan fingerprint density at radius 3 is 2.80 bits per heavy atom. The number of fused-ring (bicyclic) bond motifs is 2. The summed E-state index contributed by atoms with van der Waals surface area (Å²) in [7, 11) is 1.60. The molecule has 2 aliphatic heterocycles. The Morgan fingerprint density at radius 2 is 2.00 bits per heavy atom. The summed E-state index contributed by atoms with van der Waals surface area (Å²) in [6.45, 7) is 1.28. The average Bonchev–Trinajstić information content (AvgIpc) is 3.08. The van der Waals surface area contributed by atoms with Gasteiger partial charge in [-0.2, -0.15) is 0 Å². The van der Waals surface area contributed by atoms with E-state index >= 15 is 0 Å². The van der Waals surface area contributed by atoms with Crippen molar-refractivity contribution in [2.75, 3.05) is 13.7 Å². The Balaban J connectivity index is 1.65. The van der Waals surface area contributed by atoms with Crippen molar-refractivity contribution >= 4 is 12.0 Å². The van der Waals surface area contributed by atoms with Gasteiger partial charge in [-0.3, -0.25) is 4.79 Å². The Bertz CT molecular complexity index is 813. The summed E-state index contributed by atoms with van der Waals surface area (Å²) < 4.78 is 11.4. The third-order valence-corrected chi connectivity index (χ3v) is 4.86. The maximum Gasteiger partial charge on any atom is 0.255 e. The summed E-state index contributed by atoms with van der Waals surface area (Å²) in [6.07, 6.45) is 6.26. The van der Waals surface area contributed by atoms with Crippen LogP contribution in [-0.4, -0.2) is 30.5 Å². The van der Waals surface area contributed by atoms with Crippen molar-refractivity contribution in [3.8, 4) is 11.5 Å². The molecule has 128 valence electrons. The van der Waals surface area contributed by atoms with E-state index in [4.69, 9.17) is 9.47 Å². The number of ether oxygens (including phenoxy) is 2. The molecule has 4 rings (SSSR count). The predicted molar refractivity (Wildman–Crippen MR) is 96.9 cm³/mol. The van der Waals surface area contributed by atoms with E-state index in [2.05, 4.69) is 6.08 Å². The number of carbonyl (C=O) groups is 1. The molecule has 1 amide bonds. The van der Waals surface area contributed by atoms with Crippen molar-refractivity contribution in [2.45, 2.75) is 25.5 Å². The minimum atomic E-state index is 0.0791. The summed E-state index contributed by atoms with van der Waals surface area (Å²) >= 11 is 0. The maximum atomic E-state index is 12.9. The van der Waals surface area contributed by atoms with Crippen LogP contribution in [0.3, 0.4) is 0 Å². The minimum Gasteiger partial charge on any atom is -0.493 e. The van der Waals surface area contributed by atoms with E-state index in [-0.39, 0.29) is 11.9 Å². The van der Waals surface area contributed by atoms with Crippen LogP contribution in [0.25, 0.3) is 6.08 Å². The van der Waals surface area contributed by atoms with Gasteiger partial charge in [0.05, 0.1) is 18.7 Å².